The highest BCUT2D eigenvalue weighted by molar-refractivity contribution is 9.10. The molecule has 1 saturated heterocycles. The van der Waals surface area contributed by atoms with Crippen molar-refractivity contribution in [2.45, 2.75) is 6.42 Å². The molecule has 2 amide bonds. The van der Waals surface area contributed by atoms with E-state index in [4.69, 9.17) is 5.26 Å². The summed E-state index contributed by atoms with van der Waals surface area (Å²) in [7, 11) is 0. The van der Waals surface area contributed by atoms with Gasteiger partial charge in [0.15, 0.2) is 0 Å². The van der Waals surface area contributed by atoms with E-state index in [1.54, 1.807) is 29.2 Å². The lowest BCUT2D eigenvalue weighted by atomic mass is 10.1. The standard InChI is InChI=1S/C18H14BrN3O2/c19-15-6-1-2-7-16(15)22-11-13(9-17(22)23)18(24)21-14-5-3-4-12(8-14)10-20/h1-8,13H,9,11H2,(H,21,24). The van der Waals surface area contributed by atoms with E-state index in [1.807, 2.05) is 30.3 Å². The summed E-state index contributed by atoms with van der Waals surface area (Å²) >= 11 is 3.44. The third-order valence-electron chi connectivity index (χ3n) is 3.90. The molecule has 1 atom stereocenters. The highest BCUT2D eigenvalue weighted by atomic mass is 79.9. The van der Waals surface area contributed by atoms with E-state index < -0.39 is 5.92 Å². The number of benzene rings is 2. The van der Waals surface area contributed by atoms with Crippen LogP contribution >= 0.6 is 15.9 Å². The summed E-state index contributed by atoms with van der Waals surface area (Å²) in [6.07, 6.45) is 0.172. The van der Waals surface area contributed by atoms with E-state index in [-0.39, 0.29) is 18.2 Å². The van der Waals surface area contributed by atoms with Gasteiger partial charge in [-0.1, -0.05) is 18.2 Å². The van der Waals surface area contributed by atoms with Crippen LogP contribution in [0.2, 0.25) is 0 Å². The molecule has 2 aromatic carbocycles. The van der Waals surface area contributed by atoms with Gasteiger partial charge in [-0.25, -0.2) is 0 Å². The molecule has 0 spiro atoms. The van der Waals surface area contributed by atoms with E-state index in [1.165, 1.54) is 0 Å². The molecular formula is C18H14BrN3O2. The Kier molecular flexibility index (Phi) is 4.63. The minimum absolute atomic E-state index is 0.0761. The zero-order chi connectivity index (χ0) is 17.1. The van der Waals surface area contributed by atoms with Crippen molar-refractivity contribution in [2.24, 2.45) is 5.92 Å². The molecule has 1 heterocycles. The van der Waals surface area contributed by atoms with Crippen molar-refractivity contribution in [3.05, 3.63) is 58.6 Å². The molecule has 3 rings (SSSR count). The van der Waals surface area contributed by atoms with Crippen LogP contribution < -0.4 is 10.2 Å². The Hall–Kier alpha value is -2.65. The van der Waals surface area contributed by atoms with Gasteiger partial charge in [-0.15, -0.1) is 0 Å². The van der Waals surface area contributed by atoms with Gasteiger partial charge in [-0.2, -0.15) is 5.26 Å². The second kappa shape index (κ2) is 6.85. The SMILES string of the molecule is N#Cc1cccc(NC(=O)C2CC(=O)N(c3ccccc3Br)C2)c1. The second-order valence-corrected chi connectivity index (χ2v) is 6.39. The Morgan fingerprint density at radius 3 is 2.79 bits per heavy atom. The maximum Gasteiger partial charge on any atom is 0.229 e. The average Bonchev–Trinajstić information content (AvgIpc) is 2.97. The molecule has 120 valence electrons. The van der Waals surface area contributed by atoms with Crippen molar-refractivity contribution in [1.29, 1.82) is 5.26 Å². The first-order valence-corrected chi connectivity index (χ1v) is 8.23. The van der Waals surface area contributed by atoms with E-state index in [9.17, 15) is 9.59 Å². The monoisotopic (exact) mass is 383 g/mol. The largest absolute Gasteiger partial charge is 0.326 e. The van der Waals surface area contributed by atoms with Crippen LogP contribution in [0.1, 0.15) is 12.0 Å². The normalized spacial score (nSPS) is 16.8. The number of anilines is 2. The van der Waals surface area contributed by atoms with Crippen molar-refractivity contribution < 1.29 is 9.59 Å². The lowest BCUT2D eigenvalue weighted by Crippen LogP contribution is -2.28. The second-order valence-electron chi connectivity index (χ2n) is 5.54. The summed E-state index contributed by atoms with van der Waals surface area (Å²) in [4.78, 5) is 26.3. The van der Waals surface area contributed by atoms with Crippen LogP contribution in [0.5, 0.6) is 0 Å². The predicted octanol–water partition coefficient (Wildman–Crippen LogP) is 3.31. The summed E-state index contributed by atoms with van der Waals surface area (Å²) in [5.41, 5.74) is 1.81. The van der Waals surface area contributed by atoms with Crippen molar-refractivity contribution in [2.75, 3.05) is 16.8 Å². The minimum Gasteiger partial charge on any atom is -0.326 e. The fraction of sp³-hybridized carbons (Fsp3) is 0.167. The Labute approximate surface area is 148 Å². The van der Waals surface area contributed by atoms with Crippen LogP contribution in [0, 0.1) is 17.2 Å². The molecule has 0 saturated carbocycles. The maximum atomic E-state index is 12.4. The first-order chi connectivity index (χ1) is 11.6. The van der Waals surface area contributed by atoms with Gasteiger partial charge >= 0.3 is 0 Å². The Bertz CT molecular complexity index is 844. The topological polar surface area (TPSA) is 73.2 Å². The minimum atomic E-state index is -0.421. The van der Waals surface area contributed by atoms with Crippen LogP contribution in [0.3, 0.4) is 0 Å². The van der Waals surface area contributed by atoms with Crippen LogP contribution in [0.15, 0.2) is 53.0 Å². The summed E-state index contributed by atoms with van der Waals surface area (Å²) in [6.45, 7) is 0.339. The number of carbonyl (C=O) groups excluding carboxylic acids is 2. The molecule has 1 aliphatic rings. The molecule has 24 heavy (non-hydrogen) atoms. The molecular weight excluding hydrogens is 370 g/mol. The van der Waals surface area contributed by atoms with Crippen molar-refractivity contribution in [1.82, 2.24) is 0 Å². The summed E-state index contributed by atoms with van der Waals surface area (Å²) in [5, 5.41) is 11.7. The van der Waals surface area contributed by atoms with Crippen molar-refractivity contribution in [3.8, 4) is 6.07 Å². The third kappa shape index (κ3) is 3.31. The predicted molar refractivity (Wildman–Crippen MR) is 94.4 cm³/mol. The first-order valence-electron chi connectivity index (χ1n) is 7.44. The molecule has 0 aliphatic carbocycles. The fourth-order valence-electron chi connectivity index (χ4n) is 2.70. The van der Waals surface area contributed by atoms with Crippen molar-refractivity contribution >= 4 is 39.1 Å². The molecule has 1 N–H and O–H groups in total. The zero-order valence-electron chi connectivity index (χ0n) is 12.7. The van der Waals surface area contributed by atoms with Crippen LogP contribution in [0.4, 0.5) is 11.4 Å². The maximum absolute atomic E-state index is 12.4. The number of nitrogens with one attached hydrogen (secondary N) is 1. The number of hydrogen-bond acceptors (Lipinski definition) is 3. The van der Waals surface area contributed by atoms with Gasteiger partial charge in [0.2, 0.25) is 11.8 Å². The highest BCUT2D eigenvalue weighted by Crippen LogP contribution is 2.31. The molecule has 1 fully saturated rings. The molecule has 6 heteroatoms. The number of hydrogen-bond donors (Lipinski definition) is 1. The third-order valence-corrected chi connectivity index (χ3v) is 4.57. The number of halogens is 1. The smallest absolute Gasteiger partial charge is 0.229 e. The summed E-state index contributed by atoms with van der Waals surface area (Å²) < 4.78 is 0.820. The number of para-hydroxylation sites is 1. The Balaban J connectivity index is 1.72. The average molecular weight is 384 g/mol. The van der Waals surface area contributed by atoms with Gasteiger partial charge in [0.1, 0.15) is 0 Å². The quantitative estimate of drug-likeness (QED) is 0.883. The number of carbonyl (C=O) groups is 2. The molecule has 0 aromatic heterocycles. The molecule has 0 radical (unpaired) electrons. The number of rotatable bonds is 3. The number of nitriles is 1. The van der Waals surface area contributed by atoms with Crippen LogP contribution in [-0.2, 0) is 9.59 Å². The molecule has 2 aromatic rings. The Morgan fingerprint density at radius 1 is 1.25 bits per heavy atom. The van der Waals surface area contributed by atoms with Gasteiger partial charge in [-0.05, 0) is 46.3 Å². The van der Waals surface area contributed by atoms with Gasteiger partial charge in [-0.3, -0.25) is 9.59 Å². The Morgan fingerprint density at radius 2 is 2.04 bits per heavy atom. The van der Waals surface area contributed by atoms with E-state index in [2.05, 4.69) is 21.2 Å². The summed E-state index contributed by atoms with van der Waals surface area (Å²) in [5.74, 6) is -0.712. The van der Waals surface area contributed by atoms with Gasteiger partial charge < -0.3 is 10.2 Å². The summed E-state index contributed by atoms with van der Waals surface area (Å²) in [6, 6.07) is 16.2. The fourth-order valence-corrected chi connectivity index (χ4v) is 3.20. The molecule has 1 aliphatic heterocycles. The van der Waals surface area contributed by atoms with Gasteiger partial charge in [0.25, 0.3) is 0 Å². The van der Waals surface area contributed by atoms with Crippen LogP contribution in [-0.4, -0.2) is 18.4 Å². The van der Waals surface area contributed by atoms with E-state index in [0.717, 1.165) is 10.2 Å². The van der Waals surface area contributed by atoms with Gasteiger partial charge in [0.05, 0.1) is 23.2 Å². The van der Waals surface area contributed by atoms with Crippen molar-refractivity contribution in [3.63, 3.8) is 0 Å². The molecule has 0 bridgehead atoms. The van der Waals surface area contributed by atoms with Crippen LogP contribution in [0.25, 0.3) is 0 Å². The van der Waals surface area contributed by atoms with Gasteiger partial charge in [0, 0.05) is 23.1 Å². The lowest BCUT2D eigenvalue weighted by molar-refractivity contribution is -0.122. The molecule has 5 nitrogen and oxygen atoms in total. The van der Waals surface area contributed by atoms with E-state index >= 15 is 0 Å². The van der Waals surface area contributed by atoms with E-state index in [0.29, 0.717) is 17.8 Å². The zero-order valence-corrected chi connectivity index (χ0v) is 14.3. The lowest BCUT2D eigenvalue weighted by Gasteiger charge is -2.18. The number of nitrogens with zero attached hydrogens (tertiary/aromatic N) is 2. The number of amides is 2. The highest BCUT2D eigenvalue weighted by Gasteiger charge is 2.35. The first kappa shape index (κ1) is 16.2. The molecule has 1 unspecified atom stereocenters.